The maximum atomic E-state index is 12.6. The highest BCUT2D eigenvalue weighted by Crippen LogP contribution is 2.22. The van der Waals surface area contributed by atoms with Crippen LogP contribution in [0.4, 0.5) is 0 Å². The Labute approximate surface area is 175 Å². The number of amides is 2. The molecule has 0 radical (unpaired) electrons. The second kappa shape index (κ2) is 10.8. The Morgan fingerprint density at radius 1 is 1.03 bits per heavy atom. The number of nitrogens with zero attached hydrogens (tertiary/aromatic N) is 2. The average Bonchev–Trinajstić information content (AvgIpc) is 2.73. The summed E-state index contributed by atoms with van der Waals surface area (Å²) in [6.07, 6.45) is 7.40. The van der Waals surface area contributed by atoms with Crippen molar-refractivity contribution in [3.63, 3.8) is 0 Å². The summed E-state index contributed by atoms with van der Waals surface area (Å²) in [4.78, 5) is 29.4. The molecule has 1 aromatic carbocycles. The lowest BCUT2D eigenvalue weighted by Crippen LogP contribution is -2.40. The van der Waals surface area contributed by atoms with Crippen LogP contribution in [0.25, 0.3) is 0 Å². The lowest BCUT2D eigenvalue weighted by molar-refractivity contribution is -0.122. The summed E-state index contributed by atoms with van der Waals surface area (Å²) >= 11 is 0. The van der Waals surface area contributed by atoms with E-state index in [1.54, 1.807) is 0 Å². The summed E-state index contributed by atoms with van der Waals surface area (Å²) < 4.78 is 0. The number of carbonyl (C=O) groups is 2. The average molecular weight is 400 g/mol. The molecule has 0 saturated carbocycles. The van der Waals surface area contributed by atoms with Gasteiger partial charge in [0.05, 0.1) is 0 Å². The fourth-order valence-corrected chi connectivity index (χ4v) is 4.55. The van der Waals surface area contributed by atoms with Crippen molar-refractivity contribution >= 4 is 11.8 Å². The second-order valence-corrected chi connectivity index (χ2v) is 8.89. The first-order valence-corrected chi connectivity index (χ1v) is 11.4. The molecule has 0 spiro atoms. The van der Waals surface area contributed by atoms with E-state index in [9.17, 15) is 9.59 Å². The number of nitrogens with one attached hydrogen (secondary N) is 1. The lowest BCUT2D eigenvalue weighted by Gasteiger charge is -2.33. The van der Waals surface area contributed by atoms with Gasteiger partial charge in [0.15, 0.2) is 0 Å². The van der Waals surface area contributed by atoms with Crippen LogP contribution in [-0.4, -0.2) is 60.4 Å². The maximum absolute atomic E-state index is 12.6. The van der Waals surface area contributed by atoms with Gasteiger partial charge in [0.1, 0.15) is 0 Å². The van der Waals surface area contributed by atoms with Crippen molar-refractivity contribution in [1.82, 2.24) is 15.1 Å². The van der Waals surface area contributed by atoms with Gasteiger partial charge in [0.25, 0.3) is 5.91 Å². The van der Waals surface area contributed by atoms with Crippen LogP contribution in [0.5, 0.6) is 0 Å². The Hall–Kier alpha value is -1.88. The first kappa shape index (κ1) is 21.8. The van der Waals surface area contributed by atoms with E-state index in [0.717, 1.165) is 56.6 Å². The van der Waals surface area contributed by atoms with Gasteiger partial charge in [0, 0.05) is 44.2 Å². The fraction of sp³-hybridized carbons (Fsp3) is 0.667. The van der Waals surface area contributed by atoms with Crippen LogP contribution in [0.3, 0.4) is 0 Å². The van der Waals surface area contributed by atoms with Crippen LogP contribution in [-0.2, 0) is 4.79 Å². The number of carbonyl (C=O) groups excluding carboxylic acids is 2. The molecule has 29 heavy (non-hydrogen) atoms. The molecule has 160 valence electrons. The van der Waals surface area contributed by atoms with Crippen molar-refractivity contribution in [1.29, 1.82) is 0 Å². The Morgan fingerprint density at radius 3 is 2.45 bits per heavy atom. The molecular formula is C24H37N3O2. The first-order valence-electron chi connectivity index (χ1n) is 11.4. The van der Waals surface area contributed by atoms with Gasteiger partial charge in [-0.3, -0.25) is 9.59 Å². The van der Waals surface area contributed by atoms with E-state index >= 15 is 0 Å². The molecule has 2 amide bonds. The summed E-state index contributed by atoms with van der Waals surface area (Å²) in [5.74, 6) is 0.666. The number of piperidine rings is 2. The Balaban J connectivity index is 1.31. The van der Waals surface area contributed by atoms with Gasteiger partial charge < -0.3 is 15.1 Å². The zero-order chi connectivity index (χ0) is 20.6. The van der Waals surface area contributed by atoms with Gasteiger partial charge in [-0.15, -0.1) is 0 Å². The van der Waals surface area contributed by atoms with E-state index in [0.29, 0.717) is 18.4 Å². The molecule has 0 aliphatic carbocycles. The standard InChI is InChI=1S/C24H37N3O2/c1-19-7-9-22(10-8-19)24(29)27-16-11-21(12-17-27)18-23(28)25-13-5-15-26-14-4-3-6-20(26)2/h7-10,20-21H,3-6,11-18H2,1-2H3,(H,25,28)/t20-/m0/s1. The molecule has 1 atom stereocenters. The van der Waals surface area contributed by atoms with Crippen LogP contribution in [0.2, 0.25) is 0 Å². The van der Waals surface area contributed by atoms with Gasteiger partial charge in [-0.25, -0.2) is 0 Å². The zero-order valence-electron chi connectivity index (χ0n) is 18.2. The minimum Gasteiger partial charge on any atom is -0.356 e. The van der Waals surface area contributed by atoms with Crippen LogP contribution in [0.15, 0.2) is 24.3 Å². The largest absolute Gasteiger partial charge is 0.356 e. The van der Waals surface area contributed by atoms with Crippen molar-refractivity contribution in [2.24, 2.45) is 5.92 Å². The number of aryl methyl sites for hydroxylation is 1. The lowest BCUT2D eigenvalue weighted by atomic mass is 9.92. The molecule has 2 heterocycles. The predicted molar refractivity (Wildman–Crippen MR) is 117 cm³/mol. The van der Waals surface area contributed by atoms with Crippen molar-refractivity contribution in [3.8, 4) is 0 Å². The van der Waals surface area contributed by atoms with E-state index in [1.165, 1.54) is 25.8 Å². The van der Waals surface area contributed by atoms with E-state index in [-0.39, 0.29) is 11.8 Å². The van der Waals surface area contributed by atoms with Gasteiger partial charge in [-0.05, 0) is 70.5 Å². The minimum atomic E-state index is 0.111. The van der Waals surface area contributed by atoms with E-state index in [1.807, 2.05) is 36.1 Å². The van der Waals surface area contributed by atoms with Crippen molar-refractivity contribution in [2.45, 2.75) is 64.8 Å². The van der Waals surface area contributed by atoms with Crippen LogP contribution < -0.4 is 5.32 Å². The third-order valence-corrected chi connectivity index (χ3v) is 6.56. The number of likely N-dealkylation sites (tertiary alicyclic amines) is 2. The molecule has 5 heteroatoms. The smallest absolute Gasteiger partial charge is 0.253 e. The van der Waals surface area contributed by atoms with Crippen molar-refractivity contribution in [3.05, 3.63) is 35.4 Å². The number of benzene rings is 1. The summed E-state index contributed by atoms with van der Waals surface area (Å²) in [7, 11) is 0. The molecule has 2 fully saturated rings. The first-order chi connectivity index (χ1) is 14.0. The van der Waals surface area contributed by atoms with Gasteiger partial charge >= 0.3 is 0 Å². The van der Waals surface area contributed by atoms with Crippen LogP contribution in [0, 0.1) is 12.8 Å². The van der Waals surface area contributed by atoms with Crippen LogP contribution >= 0.6 is 0 Å². The summed E-state index contributed by atoms with van der Waals surface area (Å²) in [5.41, 5.74) is 1.92. The number of hydrogen-bond donors (Lipinski definition) is 1. The van der Waals surface area contributed by atoms with E-state index in [4.69, 9.17) is 0 Å². The number of hydrogen-bond acceptors (Lipinski definition) is 3. The van der Waals surface area contributed by atoms with Crippen LogP contribution in [0.1, 0.15) is 67.8 Å². The predicted octanol–water partition coefficient (Wildman–Crippen LogP) is 3.62. The Morgan fingerprint density at radius 2 is 1.76 bits per heavy atom. The van der Waals surface area contributed by atoms with Crippen molar-refractivity contribution < 1.29 is 9.59 Å². The quantitative estimate of drug-likeness (QED) is 0.713. The summed E-state index contributed by atoms with van der Waals surface area (Å²) in [5, 5.41) is 3.10. The van der Waals surface area contributed by atoms with Gasteiger partial charge in [0.2, 0.25) is 5.91 Å². The number of rotatable bonds is 7. The summed E-state index contributed by atoms with van der Waals surface area (Å²) in [6, 6.07) is 8.46. The monoisotopic (exact) mass is 399 g/mol. The zero-order valence-corrected chi connectivity index (χ0v) is 18.2. The van der Waals surface area contributed by atoms with Gasteiger partial charge in [-0.1, -0.05) is 24.1 Å². The normalized spacial score (nSPS) is 21.2. The summed E-state index contributed by atoms with van der Waals surface area (Å²) in [6.45, 7) is 8.89. The molecule has 0 unspecified atom stereocenters. The van der Waals surface area contributed by atoms with Crippen molar-refractivity contribution in [2.75, 3.05) is 32.7 Å². The second-order valence-electron chi connectivity index (χ2n) is 8.89. The third-order valence-electron chi connectivity index (χ3n) is 6.56. The van der Waals surface area contributed by atoms with Gasteiger partial charge in [-0.2, -0.15) is 0 Å². The molecule has 1 N–H and O–H groups in total. The molecule has 5 nitrogen and oxygen atoms in total. The Kier molecular flexibility index (Phi) is 8.10. The Bertz CT molecular complexity index is 665. The molecule has 0 aromatic heterocycles. The highest BCUT2D eigenvalue weighted by atomic mass is 16.2. The molecule has 2 aliphatic rings. The molecular weight excluding hydrogens is 362 g/mol. The molecule has 2 saturated heterocycles. The van der Waals surface area contributed by atoms with E-state index in [2.05, 4.69) is 17.1 Å². The molecule has 2 aliphatic heterocycles. The SMILES string of the molecule is Cc1ccc(C(=O)N2CCC(CC(=O)NCCCN3CCCC[C@@H]3C)CC2)cc1. The highest BCUT2D eigenvalue weighted by molar-refractivity contribution is 5.94. The topological polar surface area (TPSA) is 52.7 Å². The molecule has 3 rings (SSSR count). The van der Waals surface area contributed by atoms with E-state index < -0.39 is 0 Å². The minimum absolute atomic E-state index is 0.111. The maximum Gasteiger partial charge on any atom is 0.253 e. The highest BCUT2D eigenvalue weighted by Gasteiger charge is 2.25. The fourth-order valence-electron chi connectivity index (χ4n) is 4.55. The molecule has 0 bridgehead atoms. The third kappa shape index (κ3) is 6.56. The molecule has 1 aromatic rings.